The van der Waals surface area contributed by atoms with E-state index in [9.17, 15) is 5.11 Å². The lowest BCUT2D eigenvalue weighted by Gasteiger charge is -2.33. The highest BCUT2D eigenvalue weighted by atomic mass is 28.3. The molecule has 0 heterocycles. The van der Waals surface area contributed by atoms with E-state index in [2.05, 4.69) is 121 Å². The molecule has 0 bridgehead atoms. The van der Waals surface area contributed by atoms with Gasteiger partial charge in [0.15, 0.2) is 0 Å². The fourth-order valence-electron chi connectivity index (χ4n) is 5.15. The molecule has 0 atom stereocenters. The molecular formula is C34H42OSi. The van der Waals surface area contributed by atoms with Crippen molar-refractivity contribution >= 4 is 24.9 Å². The molecular weight excluding hydrogens is 452 g/mol. The average molecular weight is 495 g/mol. The molecule has 0 unspecified atom stereocenters. The van der Waals surface area contributed by atoms with Crippen LogP contribution in [0.2, 0.25) is 19.6 Å². The summed E-state index contributed by atoms with van der Waals surface area (Å²) >= 11 is 0. The standard InChI is InChI=1S/C34H42OSi/c1-33(2,3)28-16-14-26(15-17-28)29-19-20-34(4,5)31-18-11-25(21-30(29)31)22-32(36(6,7)8)27-12-9-24(23-35)10-13-27/h9-19,21-22,35H,20,23H2,1-8H3/b32-22-. The number of aliphatic hydroxyl groups is 1. The zero-order valence-electron chi connectivity index (χ0n) is 23.4. The Balaban J connectivity index is 1.81. The molecule has 0 fully saturated rings. The highest BCUT2D eigenvalue weighted by Crippen LogP contribution is 2.42. The zero-order valence-corrected chi connectivity index (χ0v) is 24.4. The van der Waals surface area contributed by atoms with Gasteiger partial charge in [-0.15, -0.1) is 0 Å². The summed E-state index contributed by atoms with van der Waals surface area (Å²) in [7, 11) is -1.62. The van der Waals surface area contributed by atoms with Gasteiger partial charge in [0.2, 0.25) is 0 Å². The van der Waals surface area contributed by atoms with Crippen LogP contribution in [-0.2, 0) is 17.4 Å². The van der Waals surface area contributed by atoms with Crippen LogP contribution >= 0.6 is 0 Å². The number of hydrogen-bond donors (Lipinski definition) is 1. The Morgan fingerprint density at radius 3 is 2.11 bits per heavy atom. The Morgan fingerprint density at radius 2 is 1.56 bits per heavy atom. The number of hydrogen-bond acceptors (Lipinski definition) is 1. The Kier molecular flexibility index (Phi) is 7.07. The maximum absolute atomic E-state index is 9.48. The molecule has 0 spiro atoms. The van der Waals surface area contributed by atoms with Crippen molar-refractivity contribution in [2.45, 2.75) is 78.1 Å². The molecule has 1 nitrogen and oxygen atoms in total. The molecule has 2 heteroatoms. The van der Waals surface area contributed by atoms with Gasteiger partial charge in [-0.05, 0) is 67.8 Å². The Bertz CT molecular complexity index is 1290. The second kappa shape index (κ2) is 9.65. The van der Waals surface area contributed by atoms with E-state index in [0.717, 1.165) is 12.0 Å². The molecule has 1 aliphatic rings. The normalized spacial score (nSPS) is 15.9. The third-order valence-corrected chi connectivity index (χ3v) is 9.56. The molecule has 0 radical (unpaired) electrons. The number of benzene rings is 3. The molecule has 1 aliphatic carbocycles. The van der Waals surface area contributed by atoms with E-state index < -0.39 is 8.07 Å². The molecule has 1 N–H and O–H groups in total. The van der Waals surface area contributed by atoms with Crippen LogP contribution in [0, 0.1) is 0 Å². The molecule has 0 aromatic heterocycles. The summed E-state index contributed by atoms with van der Waals surface area (Å²) in [5.41, 5.74) is 10.5. The molecule has 0 aliphatic heterocycles. The van der Waals surface area contributed by atoms with Crippen molar-refractivity contribution in [3.8, 4) is 0 Å². The second-order valence-corrected chi connectivity index (χ2v) is 18.0. The fourth-order valence-corrected chi connectivity index (χ4v) is 6.79. The summed E-state index contributed by atoms with van der Waals surface area (Å²) < 4.78 is 0. The van der Waals surface area contributed by atoms with Gasteiger partial charge in [-0.1, -0.05) is 132 Å². The minimum absolute atomic E-state index is 0.0821. The highest BCUT2D eigenvalue weighted by molar-refractivity contribution is 6.94. The van der Waals surface area contributed by atoms with E-state index in [0.29, 0.717) is 0 Å². The van der Waals surface area contributed by atoms with Crippen LogP contribution in [0.5, 0.6) is 0 Å². The van der Waals surface area contributed by atoms with Crippen LogP contribution in [0.15, 0.2) is 72.8 Å². The maximum atomic E-state index is 9.48. The van der Waals surface area contributed by atoms with Gasteiger partial charge in [-0.25, -0.2) is 0 Å². The lowest BCUT2D eigenvalue weighted by Crippen LogP contribution is -2.23. The first-order valence-corrected chi connectivity index (χ1v) is 16.7. The largest absolute Gasteiger partial charge is 0.392 e. The Morgan fingerprint density at radius 1 is 0.917 bits per heavy atom. The molecule has 3 aromatic rings. The quantitative estimate of drug-likeness (QED) is 0.277. The number of fused-ring (bicyclic) bond motifs is 1. The molecule has 0 amide bonds. The third kappa shape index (κ3) is 5.50. The van der Waals surface area contributed by atoms with E-state index >= 15 is 0 Å². The van der Waals surface area contributed by atoms with Crippen LogP contribution < -0.4 is 0 Å². The zero-order chi connectivity index (χ0) is 26.3. The fraction of sp³-hybridized carbons (Fsp3) is 0.353. The lowest BCUT2D eigenvalue weighted by atomic mass is 9.71. The summed E-state index contributed by atoms with van der Waals surface area (Å²) in [5, 5.41) is 10.9. The lowest BCUT2D eigenvalue weighted by molar-refractivity contribution is 0.282. The number of allylic oxidation sites excluding steroid dienone is 1. The predicted molar refractivity (Wildman–Crippen MR) is 160 cm³/mol. The van der Waals surface area contributed by atoms with Crippen LogP contribution in [0.4, 0.5) is 0 Å². The first-order chi connectivity index (χ1) is 16.8. The van der Waals surface area contributed by atoms with E-state index in [1.807, 2.05) is 12.1 Å². The van der Waals surface area contributed by atoms with Crippen LogP contribution in [0.3, 0.4) is 0 Å². The van der Waals surface area contributed by atoms with Crippen molar-refractivity contribution in [3.63, 3.8) is 0 Å². The third-order valence-electron chi connectivity index (χ3n) is 7.51. The average Bonchev–Trinajstić information content (AvgIpc) is 2.81. The summed E-state index contributed by atoms with van der Waals surface area (Å²) in [6.07, 6.45) is 5.89. The van der Waals surface area contributed by atoms with Crippen molar-refractivity contribution in [3.05, 3.63) is 112 Å². The summed E-state index contributed by atoms with van der Waals surface area (Å²) in [6.45, 7) is 18.8. The summed E-state index contributed by atoms with van der Waals surface area (Å²) in [4.78, 5) is 0. The monoisotopic (exact) mass is 494 g/mol. The number of aliphatic hydroxyl groups excluding tert-OH is 1. The van der Waals surface area contributed by atoms with Gasteiger partial charge < -0.3 is 5.11 Å². The van der Waals surface area contributed by atoms with Gasteiger partial charge in [0.05, 0.1) is 14.7 Å². The number of rotatable bonds is 5. The molecule has 3 aromatic carbocycles. The molecule has 0 saturated heterocycles. The Labute approximate surface area is 219 Å². The van der Waals surface area contributed by atoms with Crippen molar-refractivity contribution in [2.75, 3.05) is 0 Å². The van der Waals surface area contributed by atoms with Crippen LogP contribution in [0.25, 0.3) is 16.8 Å². The first kappa shape index (κ1) is 26.4. The Hall–Kier alpha value is -2.68. The van der Waals surface area contributed by atoms with E-state index in [1.165, 1.54) is 44.2 Å². The minimum Gasteiger partial charge on any atom is -0.392 e. The van der Waals surface area contributed by atoms with Gasteiger partial charge >= 0.3 is 0 Å². The summed E-state index contributed by atoms with van der Waals surface area (Å²) in [6, 6.07) is 24.7. The first-order valence-electron chi connectivity index (χ1n) is 13.2. The molecule has 0 saturated carbocycles. The molecule has 188 valence electrons. The van der Waals surface area contributed by atoms with Crippen molar-refractivity contribution < 1.29 is 5.11 Å². The van der Waals surface area contributed by atoms with Gasteiger partial charge in [0.25, 0.3) is 0 Å². The summed E-state index contributed by atoms with van der Waals surface area (Å²) in [5.74, 6) is 0. The van der Waals surface area contributed by atoms with E-state index in [4.69, 9.17) is 0 Å². The van der Waals surface area contributed by atoms with Crippen LogP contribution in [0.1, 0.15) is 80.0 Å². The van der Waals surface area contributed by atoms with Gasteiger partial charge in [-0.2, -0.15) is 0 Å². The minimum atomic E-state index is -1.62. The molecule has 36 heavy (non-hydrogen) atoms. The van der Waals surface area contributed by atoms with Gasteiger partial charge in [0.1, 0.15) is 0 Å². The van der Waals surface area contributed by atoms with Crippen LogP contribution in [-0.4, -0.2) is 13.2 Å². The van der Waals surface area contributed by atoms with Crippen molar-refractivity contribution in [1.82, 2.24) is 0 Å². The van der Waals surface area contributed by atoms with Crippen molar-refractivity contribution in [2.24, 2.45) is 0 Å². The van der Waals surface area contributed by atoms with Gasteiger partial charge in [0, 0.05) is 0 Å². The molecule has 4 rings (SSSR count). The maximum Gasteiger partial charge on any atom is 0.0784 e. The highest BCUT2D eigenvalue weighted by Gasteiger charge is 2.29. The van der Waals surface area contributed by atoms with Crippen molar-refractivity contribution in [1.29, 1.82) is 0 Å². The topological polar surface area (TPSA) is 20.2 Å². The predicted octanol–water partition coefficient (Wildman–Crippen LogP) is 9.01. The SMILES string of the molecule is CC(C)(C)c1ccc(C2=CCC(C)(C)c3ccc(/C=C(/c4ccc(CO)cc4)[Si](C)(C)C)cc32)cc1. The second-order valence-electron chi connectivity index (χ2n) is 13.0. The van der Waals surface area contributed by atoms with E-state index in [1.54, 1.807) is 0 Å². The smallest absolute Gasteiger partial charge is 0.0784 e. The van der Waals surface area contributed by atoms with E-state index in [-0.39, 0.29) is 17.4 Å². The van der Waals surface area contributed by atoms with Gasteiger partial charge in [-0.3, -0.25) is 0 Å².